The van der Waals surface area contributed by atoms with Crippen molar-refractivity contribution in [1.82, 2.24) is 0 Å². The number of hydrogen-bond donors (Lipinski definition) is 1. The molecule has 0 aliphatic rings. The highest BCUT2D eigenvalue weighted by Crippen LogP contribution is 2.34. The van der Waals surface area contributed by atoms with Crippen LogP contribution >= 0.6 is 0 Å². The predicted octanol–water partition coefficient (Wildman–Crippen LogP) is 4.04. The zero-order valence-corrected chi connectivity index (χ0v) is 14.3. The van der Waals surface area contributed by atoms with Gasteiger partial charge in [0.2, 0.25) is 0 Å². The number of alkyl halides is 3. The summed E-state index contributed by atoms with van der Waals surface area (Å²) in [4.78, 5) is 24.1. The normalized spacial score (nSPS) is 12.2. The highest BCUT2D eigenvalue weighted by atomic mass is 19.4. The van der Waals surface area contributed by atoms with Crippen molar-refractivity contribution >= 4 is 17.6 Å². The van der Waals surface area contributed by atoms with Crippen LogP contribution in [0.3, 0.4) is 0 Å². The number of carbonyl (C=O) groups excluding carboxylic acids is 2. The quantitative estimate of drug-likeness (QED) is 0.623. The van der Waals surface area contributed by atoms with Crippen molar-refractivity contribution in [2.75, 3.05) is 12.4 Å². The molecular weight excluding hydrogens is 370 g/mol. The Bertz CT molecular complexity index is 851. The minimum Gasteiger partial charge on any atom is -0.494 e. The summed E-state index contributed by atoms with van der Waals surface area (Å²) in [5.74, 6) is -2.86. The average Bonchev–Trinajstić information content (AvgIpc) is 2.61. The monoisotopic (exact) mass is 385 g/mol. The second-order valence-corrected chi connectivity index (χ2v) is 5.43. The Morgan fingerprint density at radius 2 is 1.78 bits per heavy atom. The van der Waals surface area contributed by atoms with E-state index in [0.717, 1.165) is 18.2 Å². The van der Waals surface area contributed by atoms with E-state index in [0.29, 0.717) is 0 Å². The molecule has 0 aliphatic heterocycles. The Morgan fingerprint density at radius 3 is 2.37 bits per heavy atom. The van der Waals surface area contributed by atoms with E-state index in [-0.39, 0.29) is 11.3 Å². The lowest BCUT2D eigenvalue weighted by Crippen LogP contribution is -2.30. The van der Waals surface area contributed by atoms with Crippen LogP contribution in [0.15, 0.2) is 42.5 Å². The summed E-state index contributed by atoms with van der Waals surface area (Å²) in [6.45, 7) is 1.18. The van der Waals surface area contributed by atoms with Crippen molar-refractivity contribution in [2.45, 2.75) is 19.2 Å². The third-order valence-electron chi connectivity index (χ3n) is 3.53. The molecule has 0 fully saturated rings. The summed E-state index contributed by atoms with van der Waals surface area (Å²) >= 11 is 0. The van der Waals surface area contributed by atoms with Crippen LogP contribution in [-0.4, -0.2) is 25.1 Å². The Morgan fingerprint density at radius 1 is 1.11 bits per heavy atom. The first-order valence-electron chi connectivity index (χ1n) is 7.65. The minimum absolute atomic E-state index is 0.0823. The number of methoxy groups -OCH3 is 1. The van der Waals surface area contributed by atoms with Gasteiger partial charge in [0.25, 0.3) is 5.91 Å². The van der Waals surface area contributed by atoms with Gasteiger partial charge in [-0.1, -0.05) is 12.1 Å². The van der Waals surface area contributed by atoms with Gasteiger partial charge < -0.3 is 14.8 Å². The average molecular weight is 385 g/mol. The second-order valence-electron chi connectivity index (χ2n) is 5.43. The number of anilines is 1. The number of carbonyl (C=O) groups is 2. The Balaban J connectivity index is 2.08. The Kier molecular flexibility index (Phi) is 6.04. The lowest BCUT2D eigenvalue weighted by molar-refractivity contribution is -0.137. The fourth-order valence-corrected chi connectivity index (χ4v) is 2.15. The maximum absolute atomic E-state index is 13.6. The molecule has 144 valence electrons. The van der Waals surface area contributed by atoms with Crippen molar-refractivity contribution in [3.8, 4) is 5.75 Å². The van der Waals surface area contributed by atoms with Gasteiger partial charge in [-0.25, -0.2) is 9.18 Å². The van der Waals surface area contributed by atoms with Gasteiger partial charge >= 0.3 is 12.1 Å². The smallest absolute Gasteiger partial charge is 0.418 e. The molecule has 0 bridgehead atoms. The summed E-state index contributed by atoms with van der Waals surface area (Å²) in [7, 11) is 1.25. The number of nitrogens with one attached hydrogen (secondary N) is 1. The zero-order valence-electron chi connectivity index (χ0n) is 14.3. The fourth-order valence-electron chi connectivity index (χ4n) is 2.15. The number of para-hydroxylation sites is 1. The van der Waals surface area contributed by atoms with Gasteiger partial charge in [-0.05, 0) is 37.3 Å². The van der Waals surface area contributed by atoms with E-state index in [4.69, 9.17) is 9.47 Å². The number of benzene rings is 2. The molecule has 5 nitrogen and oxygen atoms in total. The Hall–Kier alpha value is -3.10. The van der Waals surface area contributed by atoms with Crippen molar-refractivity contribution in [2.24, 2.45) is 0 Å². The van der Waals surface area contributed by atoms with E-state index in [1.807, 2.05) is 0 Å². The molecule has 9 heteroatoms. The van der Waals surface area contributed by atoms with Gasteiger partial charge in [-0.2, -0.15) is 13.2 Å². The summed E-state index contributed by atoms with van der Waals surface area (Å²) in [6.07, 6.45) is -6.08. The van der Waals surface area contributed by atoms with Crippen LogP contribution in [0, 0.1) is 5.82 Å². The lowest BCUT2D eigenvalue weighted by Gasteiger charge is -2.17. The van der Waals surface area contributed by atoms with Gasteiger partial charge in [0.1, 0.15) is 0 Å². The SMILES string of the molecule is COc1ccc(C(=O)O[C@@H](C)C(=O)Nc2ccccc2C(F)(F)F)cc1F. The molecule has 0 aliphatic carbocycles. The van der Waals surface area contributed by atoms with E-state index in [9.17, 15) is 27.2 Å². The molecule has 0 aromatic heterocycles. The van der Waals surface area contributed by atoms with Crippen LogP contribution in [0.25, 0.3) is 0 Å². The van der Waals surface area contributed by atoms with E-state index < -0.39 is 41.2 Å². The number of rotatable bonds is 5. The summed E-state index contributed by atoms with van der Waals surface area (Å²) < 4.78 is 62.1. The number of hydrogen-bond acceptors (Lipinski definition) is 4. The molecular formula is C18H15F4NO4. The minimum atomic E-state index is -4.66. The molecule has 0 unspecified atom stereocenters. The molecule has 0 radical (unpaired) electrons. The first-order valence-corrected chi connectivity index (χ1v) is 7.65. The van der Waals surface area contributed by atoms with Gasteiger partial charge in [0.15, 0.2) is 17.7 Å². The van der Waals surface area contributed by atoms with Crippen LogP contribution in [0.1, 0.15) is 22.8 Å². The van der Waals surface area contributed by atoms with Crippen molar-refractivity contribution < 1.29 is 36.6 Å². The number of esters is 1. The van der Waals surface area contributed by atoms with E-state index in [1.54, 1.807) is 0 Å². The molecule has 27 heavy (non-hydrogen) atoms. The van der Waals surface area contributed by atoms with Crippen LogP contribution in [0.5, 0.6) is 5.75 Å². The number of amides is 1. The highest BCUT2D eigenvalue weighted by molar-refractivity contribution is 5.97. The maximum atomic E-state index is 13.6. The zero-order chi connectivity index (χ0) is 20.2. The Labute approximate surface area is 151 Å². The topological polar surface area (TPSA) is 64.6 Å². The van der Waals surface area contributed by atoms with Crippen molar-refractivity contribution in [3.05, 3.63) is 59.4 Å². The molecule has 1 amide bonds. The van der Waals surface area contributed by atoms with Crippen molar-refractivity contribution in [3.63, 3.8) is 0 Å². The molecule has 2 aromatic rings. The standard InChI is InChI=1S/C18H15F4NO4/c1-10(27-17(25)11-7-8-15(26-2)13(19)9-11)16(24)23-14-6-4-3-5-12(14)18(20,21)22/h3-10H,1-2H3,(H,23,24)/t10-/m0/s1. The van der Waals surface area contributed by atoms with Gasteiger partial charge in [-0.3, -0.25) is 4.79 Å². The van der Waals surface area contributed by atoms with Gasteiger partial charge in [-0.15, -0.1) is 0 Å². The number of halogens is 4. The second kappa shape index (κ2) is 8.07. The molecule has 2 aromatic carbocycles. The molecule has 1 atom stereocenters. The van der Waals surface area contributed by atoms with Crippen LogP contribution < -0.4 is 10.1 Å². The van der Waals surface area contributed by atoms with Crippen LogP contribution in [-0.2, 0) is 15.7 Å². The lowest BCUT2D eigenvalue weighted by atomic mass is 10.1. The van der Waals surface area contributed by atoms with Crippen LogP contribution in [0.2, 0.25) is 0 Å². The maximum Gasteiger partial charge on any atom is 0.418 e. The molecule has 2 rings (SSSR count). The highest BCUT2D eigenvalue weighted by Gasteiger charge is 2.34. The predicted molar refractivity (Wildman–Crippen MR) is 87.9 cm³/mol. The summed E-state index contributed by atoms with van der Waals surface area (Å²) in [6, 6.07) is 7.69. The number of ether oxygens (including phenoxy) is 2. The van der Waals surface area contributed by atoms with E-state index in [2.05, 4.69) is 5.32 Å². The first-order chi connectivity index (χ1) is 12.6. The summed E-state index contributed by atoms with van der Waals surface area (Å²) in [5, 5.41) is 2.07. The fraction of sp³-hybridized carbons (Fsp3) is 0.222. The molecule has 0 spiro atoms. The van der Waals surface area contributed by atoms with E-state index in [1.165, 1.54) is 38.3 Å². The largest absolute Gasteiger partial charge is 0.494 e. The molecule has 0 heterocycles. The molecule has 1 N–H and O–H groups in total. The third-order valence-corrected chi connectivity index (χ3v) is 3.53. The van der Waals surface area contributed by atoms with Crippen LogP contribution in [0.4, 0.5) is 23.2 Å². The van der Waals surface area contributed by atoms with Gasteiger partial charge in [0, 0.05) is 0 Å². The van der Waals surface area contributed by atoms with Gasteiger partial charge in [0.05, 0.1) is 23.9 Å². The molecule has 0 saturated heterocycles. The molecule has 0 saturated carbocycles. The summed E-state index contributed by atoms with van der Waals surface area (Å²) in [5.41, 5.74) is -1.67. The first kappa shape index (κ1) is 20.2. The van der Waals surface area contributed by atoms with E-state index >= 15 is 0 Å². The third kappa shape index (κ3) is 4.96. The van der Waals surface area contributed by atoms with Crippen molar-refractivity contribution in [1.29, 1.82) is 0 Å².